The number of carbonyl (C=O) groups excluding carboxylic acids is 1. The molecule has 1 amide bonds. The number of hydrogen-bond acceptors (Lipinski definition) is 4. The summed E-state index contributed by atoms with van der Waals surface area (Å²) >= 11 is 5.50. The van der Waals surface area contributed by atoms with Crippen LogP contribution < -0.4 is 5.32 Å². The van der Waals surface area contributed by atoms with Crippen molar-refractivity contribution in [3.8, 4) is 0 Å². The van der Waals surface area contributed by atoms with Gasteiger partial charge in [-0.15, -0.1) is 0 Å². The van der Waals surface area contributed by atoms with Gasteiger partial charge in [0, 0.05) is 13.2 Å². The van der Waals surface area contributed by atoms with Gasteiger partial charge >= 0.3 is 6.18 Å². The number of amides is 1. The number of nitrogens with zero attached hydrogens (tertiary/aromatic N) is 2. The van der Waals surface area contributed by atoms with E-state index in [9.17, 15) is 26.4 Å². The highest BCUT2D eigenvalue weighted by molar-refractivity contribution is 7.89. The van der Waals surface area contributed by atoms with Crippen molar-refractivity contribution in [2.75, 3.05) is 18.9 Å². The molecular weight excluding hydrogens is 407 g/mol. The van der Waals surface area contributed by atoms with E-state index < -0.39 is 44.1 Å². The molecule has 0 aliphatic rings. The van der Waals surface area contributed by atoms with E-state index >= 15 is 0 Å². The van der Waals surface area contributed by atoms with Gasteiger partial charge in [0.25, 0.3) is 0 Å². The van der Waals surface area contributed by atoms with Crippen LogP contribution >= 0.6 is 11.6 Å². The smallest absolute Gasteiger partial charge is 0.310 e. The Hall–Kier alpha value is -2.17. The number of hydrogen-bond donors (Lipinski definition) is 1. The van der Waals surface area contributed by atoms with Crippen molar-refractivity contribution in [3.05, 3.63) is 52.7 Å². The van der Waals surface area contributed by atoms with E-state index in [2.05, 4.69) is 10.3 Å². The van der Waals surface area contributed by atoms with E-state index in [-0.39, 0.29) is 5.82 Å². The van der Waals surface area contributed by atoms with Gasteiger partial charge in [-0.2, -0.15) is 17.5 Å². The van der Waals surface area contributed by atoms with Crippen LogP contribution in [0.15, 0.2) is 41.4 Å². The van der Waals surface area contributed by atoms with Crippen molar-refractivity contribution in [2.24, 2.45) is 0 Å². The average Bonchev–Trinajstić information content (AvgIpc) is 2.56. The largest absolute Gasteiger partial charge is 0.417 e. The molecule has 2 aromatic rings. The van der Waals surface area contributed by atoms with Gasteiger partial charge in [0.2, 0.25) is 15.9 Å². The van der Waals surface area contributed by atoms with E-state index in [0.29, 0.717) is 10.4 Å². The zero-order valence-electron chi connectivity index (χ0n) is 14.2. The van der Waals surface area contributed by atoms with E-state index in [4.69, 9.17) is 11.6 Å². The standard InChI is InChI=1S/C16H15ClF3N3O3S/c1-10-3-6-14(21-8-10)22-15(24)9-23(2)27(25,26)11-4-5-13(17)12(7-11)16(18,19)20/h3-8H,9H2,1-2H3,(H,21,22,24). The van der Waals surface area contributed by atoms with Crippen LogP contribution in [0.4, 0.5) is 19.0 Å². The molecule has 1 N–H and O–H groups in total. The lowest BCUT2D eigenvalue weighted by Gasteiger charge is -2.18. The van der Waals surface area contributed by atoms with Crippen molar-refractivity contribution in [1.82, 2.24) is 9.29 Å². The fourth-order valence-electron chi connectivity index (χ4n) is 2.07. The molecule has 6 nitrogen and oxygen atoms in total. The fraction of sp³-hybridized carbons (Fsp3) is 0.250. The number of anilines is 1. The Kier molecular flexibility index (Phi) is 6.13. The molecule has 0 fully saturated rings. The number of aryl methyl sites for hydroxylation is 1. The van der Waals surface area contributed by atoms with Crippen molar-refractivity contribution in [2.45, 2.75) is 18.0 Å². The van der Waals surface area contributed by atoms with Crippen LogP contribution in [0, 0.1) is 6.92 Å². The molecule has 0 spiro atoms. The summed E-state index contributed by atoms with van der Waals surface area (Å²) in [5.41, 5.74) is -0.400. The number of aromatic nitrogens is 1. The monoisotopic (exact) mass is 421 g/mol. The summed E-state index contributed by atoms with van der Waals surface area (Å²) in [6.45, 7) is 1.20. The first-order valence-corrected chi connectivity index (χ1v) is 9.28. The molecule has 0 saturated carbocycles. The number of benzene rings is 1. The number of sulfonamides is 1. The topological polar surface area (TPSA) is 79.4 Å². The van der Waals surface area contributed by atoms with Crippen molar-refractivity contribution >= 4 is 33.3 Å². The van der Waals surface area contributed by atoms with Gasteiger partial charge in [-0.25, -0.2) is 13.4 Å². The summed E-state index contributed by atoms with van der Waals surface area (Å²) in [4.78, 5) is 15.3. The predicted octanol–water partition coefficient (Wildman–Crippen LogP) is 3.32. The van der Waals surface area contributed by atoms with Gasteiger partial charge in [-0.1, -0.05) is 17.7 Å². The van der Waals surface area contributed by atoms with Crippen molar-refractivity contribution in [1.29, 1.82) is 0 Å². The molecule has 11 heteroatoms. The lowest BCUT2D eigenvalue weighted by molar-refractivity contribution is -0.137. The van der Waals surface area contributed by atoms with Gasteiger partial charge < -0.3 is 5.32 Å². The highest BCUT2D eigenvalue weighted by Gasteiger charge is 2.35. The number of rotatable bonds is 5. The summed E-state index contributed by atoms with van der Waals surface area (Å²) in [5.74, 6) is -0.468. The molecule has 0 bridgehead atoms. The van der Waals surface area contributed by atoms with Crippen LogP contribution in [-0.4, -0.2) is 37.2 Å². The lowest BCUT2D eigenvalue weighted by atomic mass is 10.2. The van der Waals surface area contributed by atoms with E-state index in [0.717, 1.165) is 24.7 Å². The highest BCUT2D eigenvalue weighted by atomic mass is 35.5. The van der Waals surface area contributed by atoms with E-state index in [1.165, 1.54) is 12.3 Å². The molecule has 1 aromatic carbocycles. The molecule has 27 heavy (non-hydrogen) atoms. The SMILES string of the molecule is Cc1ccc(NC(=O)CN(C)S(=O)(=O)c2ccc(Cl)c(C(F)(F)F)c2)nc1. The maximum Gasteiger partial charge on any atom is 0.417 e. The number of likely N-dealkylation sites (N-methyl/N-ethyl adjacent to an activating group) is 1. The first kappa shape index (κ1) is 21.1. The third-order valence-electron chi connectivity index (χ3n) is 3.50. The third kappa shape index (κ3) is 5.18. The Labute approximate surface area is 159 Å². The van der Waals surface area contributed by atoms with Gasteiger partial charge in [0.15, 0.2) is 0 Å². The highest BCUT2D eigenvalue weighted by Crippen LogP contribution is 2.36. The second-order valence-electron chi connectivity index (χ2n) is 5.67. The van der Waals surface area contributed by atoms with E-state index in [1.807, 2.05) is 0 Å². The maximum absolute atomic E-state index is 12.9. The maximum atomic E-state index is 12.9. The number of halogens is 4. The van der Waals surface area contributed by atoms with Gasteiger partial charge in [0.05, 0.1) is 22.0 Å². The number of pyridine rings is 1. The number of alkyl halides is 3. The minimum Gasteiger partial charge on any atom is -0.310 e. The zero-order valence-corrected chi connectivity index (χ0v) is 15.8. The van der Waals surface area contributed by atoms with Gasteiger partial charge in [-0.3, -0.25) is 4.79 Å². The van der Waals surface area contributed by atoms with Crippen LogP contribution in [0.25, 0.3) is 0 Å². The minimum absolute atomic E-state index is 0.224. The molecule has 0 atom stereocenters. The Morgan fingerprint density at radius 2 is 1.93 bits per heavy atom. The molecule has 146 valence electrons. The summed E-state index contributed by atoms with van der Waals surface area (Å²) < 4.78 is 64.4. The predicted molar refractivity (Wildman–Crippen MR) is 93.9 cm³/mol. The quantitative estimate of drug-likeness (QED) is 0.803. The molecule has 0 aliphatic heterocycles. The summed E-state index contributed by atoms with van der Waals surface area (Å²) in [6, 6.07) is 5.48. The fourth-order valence-corrected chi connectivity index (χ4v) is 3.45. The Bertz CT molecular complexity index is 948. The molecule has 2 rings (SSSR count). The van der Waals surface area contributed by atoms with Crippen LogP contribution in [0.3, 0.4) is 0 Å². The van der Waals surface area contributed by atoms with Gasteiger partial charge in [0.1, 0.15) is 5.82 Å². The molecule has 0 radical (unpaired) electrons. The van der Waals surface area contributed by atoms with Crippen LogP contribution in [0.1, 0.15) is 11.1 Å². The molecule has 1 heterocycles. The molecule has 0 aliphatic carbocycles. The van der Waals surface area contributed by atoms with Gasteiger partial charge in [-0.05, 0) is 36.8 Å². The third-order valence-corrected chi connectivity index (χ3v) is 5.63. The lowest BCUT2D eigenvalue weighted by Crippen LogP contribution is -2.35. The Morgan fingerprint density at radius 1 is 1.26 bits per heavy atom. The number of carbonyl (C=O) groups is 1. The van der Waals surface area contributed by atoms with Crippen molar-refractivity contribution < 1.29 is 26.4 Å². The molecule has 0 saturated heterocycles. The minimum atomic E-state index is -4.81. The van der Waals surface area contributed by atoms with Crippen LogP contribution in [-0.2, 0) is 21.0 Å². The summed E-state index contributed by atoms with van der Waals surface area (Å²) in [5, 5.41) is 1.79. The summed E-state index contributed by atoms with van der Waals surface area (Å²) in [6.07, 6.45) is -3.29. The van der Waals surface area contributed by atoms with Crippen LogP contribution in [0.2, 0.25) is 5.02 Å². The first-order valence-electron chi connectivity index (χ1n) is 7.47. The summed E-state index contributed by atoms with van der Waals surface area (Å²) in [7, 11) is -3.26. The molecule has 0 unspecified atom stereocenters. The average molecular weight is 422 g/mol. The van der Waals surface area contributed by atoms with Crippen LogP contribution in [0.5, 0.6) is 0 Å². The Balaban J connectivity index is 2.18. The first-order chi connectivity index (χ1) is 12.4. The molecular formula is C16H15ClF3N3O3S. The zero-order chi connectivity index (χ0) is 20.4. The number of nitrogens with one attached hydrogen (secondary N) is 1. The van der Waals surface area contributed by atoms with E-state index in [1.54, 1.807) is 13.0 Å². The normalized spacial score (nSPS) is 12.3. The second-order valence-corrected chi connectivity index (χ2v) is 8.12. The molecule has 1 aromatic heterocycles. The second kappa shape index (κ2) is 7.83. The Morgan fingerprint density at radius 3 is 2.48 bits per heavy atom. The van der Waals surface area contributed by atoms with Crippen molar-refractivity contribution in [3.63, 3.8) is 0 Å².